The fraction of sp³-hybridized carbons (Fsp3) is 0.143. The van der Waals surface area contributed by atoms with E-state index >= 15 is 0 Å². The predicted octanol–water partition coefficient (Wildman–Crippen LogP) is 3.89. The Labute approximate surface area is 117 Å². The van der Waals surface area contributed by atoms with Crippen LogP contribution in [-0.4, -0.2) is 11.6 Å². The lowest BCUT2D eigenvalue weighted by Gasteiger charge is -2.17. The molecule has 0 bridgehead atoms. The van der Waals surface area contributed by atoms with Crippen molar-refractivity contribution >= 4 is 39.9 Å². The van der Waals surface area contributed by atoms with Gasteiger partial charge in [-0.25, -0.2) is 0 Å². The lowest BCUT2D eigenvalue weighted by molar-refractivity contribution is 0.595. The minimum Gasteiger partial charge on any atom is -0.302 e. The van der Waals surface area contributed by atoms with E-state index in [1.54, 1.807) is 0 Å². The Balaban J connectivity index is 2.45. The van der Waals surface area contributed by atoms with Crippen molar-refractivity contribution in [2.45, 2.75) is 0 Å². The highest BCUT2D eigenvalue weighted by molar-refractivity contribution is 8.62. The molecular formula is C14H14ClOPS. The van der Waals surface area contributed by atoms with Gasteiger partial charge < -0.3 is 4.57 Å². The van der Waals surface area contributed by atoms with E-state index in [1.165, 1.54) is 11.4 Å². The Hall–Kier alpha value is -0.690. The normalized spacial score (nSPS) is 11.4. The van der Waals surface area contributed by atoms with Gasteiger partial charge in [-0.1, -0.05) is 72.0 Å². The van der Waals surface area contributed by atoms with Gasteiger partial charge in [0.1, 0.15) is 0 Å². The molecule has 0 N–H and O–H groups in total. The SMILES string of the molecule is O=P(SCCCl)(c1ccccc1)c1ccccc1. The molecule has 0 radical (unpaired) electrons. The second kappa shape index (κ2) is 6.47. The smallest absolute Gasteiger partial charge is 0.195 e. The Kier molecular flexibility index (Phi) is 4.94. The molecule has 0 aliphatic heterocycles. The molecule has 0 aliphatic carbocycles. The maximum atomic E-state index is 13.3. The van der Waals surface area contributed by atoms with Crippen LogP contribution in [0.4, 0.5) is 0 Å². The van der Waals surface area contributed by atoms with Gasteiger partial charge in [-0.3, -0.25) is 0 Å². The first-order chi connectivity index (χ1) is 8.77. The second-order valence-electron chi connectivity index (χ2n) is 3.74. The average molecular weight is 297 g/mol. The molecule has 0 unspecified atom stereocenters. The summed E-state index contributed by atoms with van der Waals surface area (Å²) >= 11 is 7.19. The van der Waals surface area contributed by atoms with Crippen molar-refractivity contribution < 1.29 is 4.57 Å². The summed E-state index contributed by atoms with van der Waals surface area (Å²) in [4.78, 5) is 0. The number of benzene rings is 2. The molecule has 18 heavy (non-hydrogen) atoms. The quantitative estimate of drug-likeness (QED) is 0.615. The van der Waals surface area contributed by atoms with Crippen LogP contribution in [0.1, 0.15) is 0 Å². The number of alkyl halides is 1. The highest BCUT2D eigenvalue weighted by Gasteiger charge is 2.27. The van der Waals surface area contributed by atoms with Crippen LogP contribution >= 0.6 is 29.3 Å². The van der Waals surface area contributed by atoms with E-state index in [0.29, 0.717) is 11.6 Å². The molecule has 2 rings (SSSR count). The molecular weight excluding hydrogens is 283 g/mol. The zero-order valence-corrected chi connectivity index (χ0v) is 12.3. The van der Waals surface area contributed by atoms with Gasteiger partial charge in [-0.2, -0.15) is 0 Å². The fourth-order valence-corrected chi connectivity index (χ4v) is 6.99. The summed E-state index contributed by atoms with van der Waals surface area (Å²) in [7, 11) is 0. The van der Waals surface area contributed by atoms with Gasteiger partial charge in [0, 0.05) is 22.2 Å². The zero-order chi connectivity index (χ0) is 12.8. The van der Waals surface area contributed by atoms with Crippen LogP contribution in [0, 0.1) is 0 Å². The second-order valence-corrected chi connectivity index (χ2v) is 9.24. The van der Waals surface area contributed by atoms with E-state index in [1.807, 2.05) is 60.7 Å². The minimum atomic E-state index is -2.61. The van der Waals surface area contributed by atoms with E-state index in [9.17, 15) is 4.57 Å². The molecule has 0 fully saturated rings. The Morgan fingerprint density at radius 2 is 1.33 bits per heavy atom. The van der Waals surface area contributed by atoms with Gasteiger partial charge in [0.15, 0.2) is 6.34 Å². The summed E-state index contributed by atoms with van der Waals surface area (Å²) in [6.07, 6.45) is -2.61. The molecule has 0 atom stereocenters. The van der Waals surface area contributed by atoms with E-state index in [0.717, 1.165) is 10.6 Å². The molecule has 0 amide bonds. The molecule has 0 saturated heterocycles. The maximum absolute atomic E-state index is 13.3. The van der Waals surface area contributed by atoms with E-state index in [4.69, 9.17) is 11.6 Å². The first-order valence-electron chi connectivity index (χ1n) is 5.69. The van der Waals surface area contributed by atoms with Crippen molar-refractivity contribution in [3.63, 3.8) is 0 Å². The van der Waals surface area contributed by atoms with Crippen molar-refractivity contribution in [2.75, 3.05) is 11.6 Å². The molecule has 4 heteroatoms. The fourth-order valence-electron chi connectivity index (χ4n) is 1.71. The molecule has 0 heterocycles. The largest absolute Gasteiger partial charge is 0.302 e. The predicted molar refractivity (Wildman–Crippen MR) is 82.9 cm³/mol. The van der Waals surface area contributed by atoms with E-state index in [2.05, 4.69) is 0 Å². The van der Waals surface area contributed by atoms with Crippen LogP contribution < -0.4 is 10.6 Å². The van der Waals surface area contributed by atoms with Crippen LogP contribution in [0.2, 0.25) is 0 Å². The Bertz CT molecular complexity index is 487. The number of rotatable bonds is 5. The van der Waals surface area contributed by atoms with Crippen molar-refractivity contribution in [3.05, 3.63) is 60.7 Å². The standard InChI is InChI=1S/C14H14ClOPS/c15-11-12-18-17(16,13-7-3-1-4-8-13)14-9-5-2-6-10-14/h1-10H,11-12H2. The third-order valence-corrected chi connectivity index (χ3v) is 8.57. The van der Waals surface area contributed by atoms with Crippen LogP contribution in [0.25, 0.3) is 0 Å². The van der Waals surface area contributed by atoms with Crippen molar-refractivity contribution in [3.8, 4) is 0 Å². The number of halogens is 1. The van der Waals surface area contributed by atoms with Crippen molar-refractivity contribution in [1.29, 1.82) is 0 Å². The Morgan fingerprint density at radius 3 is 1.72 bits per heavy atom. The van der Waals surface area contributed by atoms with Crippen LogP contribution in [0.5, 0.6) is 0 Å². The third-order valence-electron chi connectivity index (χ3n) is 2.54. The lowest BCUT2D eigenvalue weighted by atomic mass is 10.4. The molecule has 0 spiro atoms. The van der Waals surface area contributed by atoms with E-state index < -0.39 is 6.34 Å². The molecule has 2 aromatic carbocycles. The molecule has 1 nitrogen and oxygen atoms in total. The zero-order valence-electron chi connectivity index (χ0n) is 9.83. The molecule has 0 saturated carbocycles. The van der Waals surface area contributed by atoms with Gasteiger partial charge in [0.05, 0.1) is 0 Å². The molecule has 0 aromatic heterocycles. The molecule has 2 aromatic rings. The maximum Gasteiger partial charge on any atom is 0.195 e. The van der Waals surface area contributed by atoms with Gasteiger partial charge in [0.25, 0.3) is 0 Å². The van der Waals surface area contributed by atoms with Crippen molar-refractivity contribution in [2.24, 2.45) is 0 Å². The van der Waals surface area contributed by atoms with Gasteiger partial charge in [-0.15, -0.1) is 11.6 Å². The minimum absolute atomic E-state index is 0.508. The topological polar surface area (TPSA) is 17.1 Å². The van der Waals surface area contributed by atoms with Crippen LogP contribution in [0.3, 0.4) is 0 Å². The Morgan fingerprint density at radius 1 is 0.889 bits per heavy atom. The summed E-state index contributed by atoms with van der Waals surface area (Å²) in [5, 5.41) is 1.76. The highest BCUT2D eigenvalue weighted by Crippen LogP contribution is 2.56. The summed E-state index contributed by atoms with van der Waals surface area (Å²) in [6, 6.07) is 19.3. The summed E-state index contributed by atoms with van der Waals surface area (Å²) < 4.78 is 13.3. The van der Waals surface area contributed by atoms with Gasteiger partial charge in [-0.05, 0) is 0 Å². The molecule has 94 valence electrons. The number of hydrogen-bond acceptors (Lipinski definition) is 2. The summed E-state index contributed by atoms with van der Waals surface area (Å²) in [6.45, 7) is 0. The van der Waals surface area contributed by atoms with Gasteiger partial charge >= 0.3 is 0 Å². The van der Waals surface area contributed by atoms with Crippen LogP contribution in [0.15, 0.2) is 60.7 Å². The first-order valence-corrected chi connectivity index (χ1v) is 9.52. The van der Waals surface area contributed by atoms with Crippen molar-refractivity contribution in [1.82, 2.24) is 0 Å². The summed E-state index contributed by atoms with van der Waals surface area (Å²) in [5.41, 5.74) is 0. The van der Waals surface area contributed by atoms with Crippen LogP contribution in [-0.2, 0) is 4.57 Å². The highest BCUT2D eigenvalue weighted by atomic mass is 35.5. The first kappa shape index (κ1) is 13.7. The monoisotopic (exact) mass is 296 g/mol. The van der Waals surface area contributed by atoms with E-state index in [-0.39, 0.29) is 0 Å². The summed E-state index contributed by atoms with van der Waals surface area (Å²) in [5.74, 6) is 1.19. The van der Waals surface area contributed by atoms with Gasteiger partial charge in [0.2, 0.25) is 0 Å². The average Bonchev–Trinajstić information content (AvgIpc) is 2.46. The third kappa shape index (κ3) is 3.00. The number of hydrogen-bond donors (Lipinski definition) is 0. The lowest BCUT2D eigenvalue weighted by Crippen LogP contribution is -2.13. The molecule has 0 aliphatic rings.